The molecule has 2 amide bonds. The minimum atomic E-state index is -4.37. The highest BCUT2D eigenvalue weighted by atomic mass is 32.2. The van der Waals surface area contributed by atoms with Gasteiger partial charge in [-0.2, -0.15) is 8.42 Å². The van der Waals surface area contributed by atoms with Gasteiger partial charge in [-0.3, -0.25) is 9.59 Å². The Morgan fingerprint density at radius 3 is 1.70 bits per heavy atom. The Bertz CT molecular complexity index is 1470. The lowest BCUT2D eigenvalue weighted by molar-refractivity contribution is -0.422. The molecule has 44 heavy (non-hydrogen) atoms. The summed E-state index contributed by atoms with van der Waals surface area (Å²) < 4.78 is 49.2. The lowest BCUT2D eigenvalue weighted by atomic mass is 9.87. The highest BCUT2D eigenvalue weighted by Gasteiger charge is 2.50. The van der Waals surface area contributed by atoms with Gasteiger partial charge in [-0.1, -0.05) is 32.1 Å². The Labute approximate surface area is 255 Å². The number of amides is 2. The predicted octanol–water partition coefficient (Wildman–Crippen LogP) is 0.815. The van der Waals surface area contributed by atoms with E-state index in [0.29, 0.717) is 21.5 Å². The van der Waals surface area contributed by atoms with Gasteiger partial charge in [0.1, 0.15) is 5.57 Å². The van der Waals surface area contributed by atoms with Crippen LogP contribution in [-0.4, -0.2) is 64.4 Å². The molecule has 3 heterocycles. The Kier molecular flexibility index (Phi) is 8.92. The molecule has 0 aromatic heterocycles. The molecule has 1 saturated carbocycles. The van der Waals surface area contributed by atoms with E-state index in [4.69, 9.17) is 18.9 Å². The Balaban J connectivity index is 1.48. The molecule has 4 rings (SSSR count). The summed E-state index contributed by atoms with van der Waals surface area (Å²) in [6, 6.07) is -1.37. The van der Waals surface area contributed by atoms with Crippen molar-refractivity contribution < 1.29 is 56.8 Å². The van der Waals surface area contributed by atoms with Crippen molar-refractivity contribution in [2.45, 2.75) is 96.8 Å². The second kappa shape index (κ2) is 12.0. The van der Waals surface area contributed by atoms with Gasteiger partial charge >= 0.3 is 22.1 Å². The molecule has 15 heteroatoms. The SMILES string of the molecule is CCC(C)N1C(=O)C(=C/C=C/C=C/C2=C([O-])OC3(CCC4(CC3)OC(=O)C(C)=C([O-])O4)OC2=O)C(=O)N(C(C)CC)S1(=O)=O. The molecule has 4 aliphatic rings. The van der Waals surface area contributed by atoms with Crippen molar-refractivity contribution in [2.24, 2.45) is 0 Å². The van der Waals surface area contributed by atoms with Crippen LogP contribution in [-0.2, 0) is 48.3 Å². The maximum atomic E-state index is 13.1. The van der Waals surface area contributed by atoms with Crippen LogP contribution in [0.3, 0.4) is 0 Å². The molecule has 0 aromatic carbocycles. The van der Waals surface area contributed by atoms with Crippen molar-refractivity contribution >= 4 is 34.0 Å². The van der Waals surface area contributed by atoms with E-state index < -0.39 is 75.1 Å². The zero-order valence-electron chi connectivity index (χ0n) is 25.0. The number of rotatable bonds is 7. The van der Waals surface area contributed by atoms with Crippen LogP contribution in [0.15, 0.2) is 59.0 Å². The van der Waals surface area contributed by atoms with Crippen LogP contribution < -0.4 is 10.2 Å². The van der Waals surface area contributed by atoms with Crippen molar-refractivity contribution in [2.75, 3.05) is 0 Å². The van der Waals surface area contributed by atoms with Crippen molar-refractivity contribution in [3.8, 4) is 0 Å². The highest BCUT2D eigenvalue weighted by Crippen LogP contribution is 2.45. The fourth-order valence-corrected chi connectivity index (χ4v) is 7.05. The zero-order chi connectivity index (χ0) is 32.6. The minimum Gasteiger partial charge on any atom is -0.574 e. The van der Waals surface area contributed by atoms with E-state index in [2.05, 4.69) is 0 Å². The van der Waals surface area contributed by atoms with Crippen molar-refractivity contribution in [3.05, 3.63) is 59.0 Å². The van der Waals surface area contributed by atoms with E-state index in [0.717, 1.165) is 6.08 Å². The van der Waals surface area contributed by atoms with Gasteiger partial charge in [-0.25, -0.2) is 18.2 Å². The molecular formula is C29H34N2O12S-2. The van der Waals surface area contributed by atoms with Crippen molar-refractivity contribution in [3.63, 3.8) is 0 Å². The summed E-state index contributed by atoms with van der Waals surface area (Å²) in [5, 5.41) is 24.7. The van der Waals surface area contributed by atoms with Crippen molar-refractivity contribution in [1.29, 1.82) is 0 Å². The molecule has 1 saturated heterocycles. The Hall–Kier alpha value is -4.27. The lowest BCUT2D eigenvalue weighted by Gasteiger charge is -2.53. The number of esters is 2. The smallest absolute Gasteiger partial charge is 0.341 e. The standard InChI is InChI=1S/C29H36N2O12S/c1-6-17(3)30-22(32)20(23(33)31(18(4)7-2)44(30,38)39)11-9-8-10-12-21-26(36)42-29(43-27(21)37)15-13-28(14-16-29)40-24(34)19(5)25(35)41-28/h8-12,17-18,34,36H,6-7,13-16H2,1-5H3/p-2/b9-8+,12-10+,20-11?. The molecule has 2 fully saturated rings. The second-order valence-electron chi connectivity index (χ2n) is 11.0. The number of carbonyl (C=O) groups excluding carboxylic acids is 4. The number of carbonyl (C=O) groups is 4. The first kappa shape index (κ1) is 32.6. The molecule has 2 unspecified atom stereocenters. The Morgan fingerprint density at radius 1 is 0.773 bits per heavy atom. The van der Waals surface area contributed by atoms with Gasteiger partial charge in [-0.05, 0) is 45.8 Å². The first-order valence-corrected chi connectivity index (χ1v) is 15.6. The van der Waals surface area contributed by atoms with Gasteiger partial charge in [0.2, 0.25) is 0 Å². The van der Waals surface area contributed by atoms with Crippen LogP contribution in [0, 0.1) is 0 Å². The quantitative estimate of drug-likeness (QED) is 0.166. The van der Waals surface area contributed by atoms with Gasteiger partial charge in [0.25, 0.3) is 11.8 Å². The van der Waals surface area contributed by atoms with E-state index in [1.807, 2.05) is 0 Å². The third-order valence-electron chi connectivity index (χ3n) is 8.03. The number of nitrogens with zero attached hydrogens (tertiary/aromatic N) is 2. The first-order chi connectivity index (χ1) is 20.6. The first-order valence-electron chi connectivity index (χ1n) is 14.2. The minimum absolute atomic E-state index is 0.0530. The zero-order valence-corrected chi connectivity index (χ0v) is 25.8. The lowest BCUT2D eigenvalue weighted by Crippen LogP contribution is -2.60. The third kappa shape index (κ3) is 5.79. The van der Waals surface area contributed by atoms with Crippen LogP contribution in [0.5, 0.6) is 0 Å². The molecular weight excluding hydrogens is 600 g/mol. The summed E-state index contributed by atoms with van der Waals surface area (Å²) in [6.07, 6.45) is 6.65. The summed E-state index contributed by atoms with van der Waals surface area (Å²) in [7, 11) is -4.37. The average Bonchev–Trinajstić information content (AvgIpc) is 2.95. The predicted molar refractivity (Wildman–Crippen MR) is 146 cm³/mol. The molecule has 1 aliphatic carbocycles. The number of hydrogen-bond donors (Lipinski definition) is 0. The maximum absolute atomic E-state index is 13.1. The van der Waals surface area contributed by atoms with E-state index in [9.17, 15) is 37.8 Å². The fraction of sp³-hybridized carbons (Fsp3) is 0.517. The topological polar surface area (TPSA) is 192 Å². The highest BCUT2D eigenvalue weighted by molar-refractivity contribution is 7.88. The maximum Gasteiger partial charge on any atom is 0.341 e. The van der Waals surface area contributed by atoms with E-state index >= 15 is 0 Å². The van der Waals surface area contributed by atoms with Crippen molar-refractivity contribution in [1.82, 2.24) is 8.61 Å². The third-order valence-corrected chi connectivity index (χ3v) is 10.1. The Morgan fingerprint density at radius 2 is 1.25 bits per heavy atom. The number of hydrogen-bond acceptors (Lipinski definition) is 12. The van der Waals surface area contributed by atoms with E-state index in [1.54, 1.807) is 27.7 Å². The molecule has 14 nitrogen and oxygen atoms in total. The van der Waals surface area contributed by atoms with Gasteiger partial charge in [0.15, 0.2) is 11.6 Å². The molecule has 0 N–H and O–H groups in total. The molecule has 0 radical (unpaired) electrons. The summed E-state index contributed by atoms with van der Waals surface area (Å²) in [6.45, 7) is 7.88. The van der Waals surface area contributed by atoms with Gasteiger partial charge in [0, 0.05) is 37.8 Å². The average molecular weight is 635 g/mol. The molecule has 2 atom stereocenters. The second-order valence-corrected chi connectivity index (χ2v) is 12.6. The molecule has 0 aromatic rings. The van der Waals surface area contributed by atoms with Crippen LogP contribution in [0.2, 0.25) is 0 Å². The van der Waals surface area contributed by atoms with Crippen LogP contribution in [0.4, 0.5) is 0 Å². The van der Waals surface area contributed by atoms with Crippen LogP contribution >= 0.6 is 0 Å². The normalized spacial score (nSPS) is 24.5. The molecule has 2 spiro atoms. The fourth-order valence-electron chi connectivity index (χ4n) is 5.03. The number of ether oxygens (including phenoxy) is 4. The monoisotopic (exact) mass is 634 g/mol. The van der Waals surface area contributed by atoms with Gasteiger partial charge in [-0.15, -0.1) is 0 Å². The molecule has 0 bridgehead atoms. The van der Waals surface area contributed by atoms with Crippen LogP contribution in [0.25, 0.3) is 0 Å². The summed E-state index contributed by atoms with van der Waals surface area (Å²) in [5.41, 5.74) is -0.960. The largest absolute Gasteiger partial charge is 0.574 e. The van der Waals surface area contributed by atoms with E-state index in [-0.39, 0.29) is 36.8 Å². The van der Waals surface area contributed by atoms with Gasteiger partial charge in [0.05, 0.1) is 23.0 Å². The number of allylic oxidation sites excluding steroid dienone is 4. The van der Waals surface area contributed by atoms with Gasteiger partial charge < -0.3 is 29.2 Å². The summed E-state index contributed by atoms with van der Waals surface area (Å²) in [4.78, 5) is 50.9. The van der Waals surface area contributed by atoms with E-state index in [1.165, 1.54) is 31.2 Å². The van der Waals surface area contributed by atoms with Crippen LogP contribution in [0.1, 0.15) is 73.1 Å². The molecule has 3 aliphatic heterocycles. The summed E-state index contributed by atoms with van der Waals surface area (Å²) >= 11 is 0. The molecule has 240 valence electrons. The summed E-state index contributed by atoms with van der Waals surface area (Å²) in [5.74, 6) is -8.56.